The van der Waals surface area contributed by atoms with Crippen molar-refractivity contribution in [1.29, 1.82) is 0 Å². The normalized spacial score (nSPS) is 14.0. The third-order valence-corrected chi connectivity index (χ3v) is 3.91. The van der Waals surface area contributed by atoms with E-state index < -0.39 is 0 Å². The number of aromatic amines is 1. The second-order valence-corrected chi connectivity index (χ2v) is 6.99. The Labute approximate surface area is 142 Å². The molecule has 5 nitrogen and oxygen atoms in total. The zero-order chi connectivity index (χ0) is 17.2. The molecule has 3 rings (SSSR count). The van der Waals surface area contributed by atoms with Gasteiger partial charge in [-0.05, 0) is 43.5 Å². The molecular weight excluding hydrogens is 300 g/mol. The van der Waals surface area contributed by atoms with Gasteiger partial charge in [0, 0.05) is 35.1 Å². The zero-order valence-corrected chi connectivity index (χ0v) is 14.4. The quantitative estimate of drug-likeness (QED) is 0.723. The predicted octanol–water partition coefficient (Wildman–Crippen LogP) is 3.77. The van der Waals surface area contributed by atoms with Crippen molar-refractivity contribution >= 4 is 11.0 Å². The fourth-order valence-corrected chi connectivity index (χ4v) is 3.10. The average molecular weight is 324 g/mol. The fourth-order valence-electron chi connectivity index (χ4n) is 3.10. The number of nitrogens with one attached hydrogen (secondary N) is 1. The van der Waals surface area contributed by atoms with Crippen LogP contribution in [-0.2, 0) is 0 Å². The molecule has 1 atom stereocenters. The van der Waals surface area contributed by atoms with Crippen molar-refractivity contribution in [3.05, 3.63) is 42.9 Å². The smallest absolute Gasteiger partial charge is 0.145 e. The number of fused-ring (bicyclic) bond motifs is 1. The van der Waals surface area contributed by atoms with E-state index in [4.69, 9.17) is 10.5 Å². The van der Waals surface area contributed by atoms with Crippen LogP contribution in [0.1, 0.15) is 27.2 Å². The van der Waals surface area contributed by atoms with Gasteiger partial charge in [-0.15, -0.1) is 0 Å². The van der Waals surface area contributed by atoms with Gasteiger partial charge in [-0.2, -0.15) is 0 Å². The molecule has 0 bridgehead atoms. The summed E-state index contributed by atoms with van der Waals surface area (Å²) in [5.74, 6) is 1.26. The minimum atomic E-state index is -0.372. The molecule has 0 aliphatic carbocycles. The van der Waals surface area contributed by atoms with E-state index in [0.29, 0.717) is 12.5 Å². The summed E-state index contributed by atoms with van der Waals surface area (Å²) in [5.41, 5.74) is 8.62. The van der Waals surface area contributed by atoms with Crippen LogP contribution < -0.4 is 10.5 Å². The van der Waals surface area contributed by atoms with Crippen molar-refractivity contribution in [3.63, 3.8) is 0 Å². The van der Waals surface area contributed by atoms with E-state index in [1.807, 2.05) is 37.4 Å². The molecule has 0 amide bonds. The summed E-state index contributed by atoms with van der Waals surface area (Å²) in [6, 6.07) is 7.76. The summed E-state index contributed by atoms with van der Waals surface area (Å²) in [6.45, 7) is 6.81. The lowest BCUT2D eigenvalue weighted by Crippen LogP contribution is -2.43. The Morgan fingerprint density at radius 1 is 1.21 bits per heavy atom. The number of hydrogen-bond acceptors (Lipinski definition) is 4. The molecule has 3 aromatic rings. The third-order valence-electron chi connectivity index (χ3n) is 3.91. The molecule has 0 fully saturated rings. The standard InChI is InChI=1S/C19H24N4O/c1-13(2)10-19(3,20)12-24-16-7-5-8-21-17(16)15-11-23-18-14(15)6-4-9-22-18/h4-9,11,13H,10,12,20H2,1-3H3,(H,22,23)/t19-/m0/s1. The Bertz CT molecular complexity index is 823. The Morgan fingerprint density at radius 3 is 2.75 bits per heavy atom. The Kier molecular flexibility index (Phi) is 4.53. The Balaban J connectivity index is 1.89. The number of hydrogen-bond donors (Lipinski definition) is 2. The van der Waals surface area contributed by atoms with Gasteiger partial charge in [-0.25, -0.2) is 4.98 Å². The molecule has 3 heterocycles. The minimum absolute atomic E-state index is 0.372. The van der Waals surface area contributed by atoms with Gasteiger partial charge in [0.15, 0.2) is 0 Å². The lowest BCUT2D eigenvalue weighted by molar-refractivity contribution is 0.207. The lowest BCUT2D eigenvalue weighted by atomic mass is 9.93. The number of ether oxygens (including phenoxy) is 1. The van der Waals surface area contributed by atoms with Crippen LogP contribution in [0.5, 0.6) is 5.75 Å². The first kappa shape index (κ1) is 16.5. The van der Waals surface area contributed by atoms with Gasteiger partial charge in [0.05, 0.1) is 0 Å². The van der Waals surface area contributed by atoms with Gasteiger partial charge in [0.1, 0.15) is 23.7 Å². The van der Waals surface area contributed by atoms with E-state index in [1.54, 1.807) is 12.4 Å². The topological polar surface area (TPSA) is 76.8 Å². The Morgan fingerprint density at radius 2 is 1.96 bits per heavy atom. The molecule has 126 valence electrons. The van der Waals surface area contributed by atoms with E-state index >= 15 is 0 Å². The number of aromatic nitrogens is 3. The van der Waals surface area contributed by atoms with Crippen molar-refractivity contribution in [2.45, 2.75) is 32.7 Å². The molecular formula is C19H24N4O. The first-order valence-corrected chi connectivity index (χ1v) is 8.25. The van der Waals surface area contributed by atoms with Crippen LogP contribution in [0.3, 0.4) is 0 Å². The maximum atomic E-state index is 6.36. The first-order valence-electron chi connectivity index (χ1n) is 8.25. The van der Waals surface area contributed by atoms with Gasteiger partial charge in [0.25, 0.3) is 0 Å². The molecule has 0 aliphatic rings. The van der Waals surface area contributed by atoms with Crippen LogP contribution in [-0.4, -0.2) is 27.1 Å². The van der Waals surface area contributed by atoms with Crippen molar-refractivity contribution in [2.24, 2.45) is 11.7 Å². The number of rotatable bonds is 6. The van der Waals surface area contributed by atoms with E-state index in [1.165, 1.54) is 0 Å². The number of pyridine rings is 2. The molecule has 0 saturated heterocycles. The zero-order valence-electron chi connectivity index (χ0n) is 14.4. The summed E-state index contributed by atoms with van der Waals surface area (Å²) in [5, 5.41) is 1.03. The second kappa shape index (κ2) is 6.61. The number of H-pyrrole nitrogens is 1. The van der Waals surface area contributed by atoms with Gasteiger partial charge < -0.3 is 15.5 Å². The summed E-state index contributed by atoms with van der Waals surface area (Å²) in [4.78, 5) is 12.0. The highest BCUT2D eigenvalue weighted by Gasteiger charge is 2.22. The Hall–Kier alpha value is -2.40. The van der Waals surface area contributed by atoms with Crippen molar-refractivity contribution in [1.82, 2.24) is 15.0 Å². The van der Waals surface area contributed by atoms with Crippen LogP contribution in [0, 0.1) is 5.92 Å². The molecule has 0 unspecified atom stereocenters. The number of nitrogens with zero attached hydrogens (tertiary/aromatic N) is 2. The van der Waals surface area contributed by atoms with E-state index in [-0.39, 0.29) is 5.54 Å². The minimum Gasteiger partial charge on any atom is -0.489 e. The number of nitrogens with two attached hydrogens (primary N) is 1. The monoisotopic (exact) mass is 324 g/mol. The molecule has 5 heteroatoms. The highest BCUT2D eigenvalue weighted by molar-refractivity contribution is 5.93. The average Bonchev–Trinajstić information content (AvgIpc) is 2.96. The molecule has 3 aromatic heterocycles. The third kappa shape index (κ3) is 3.57. The largest absolute Gasteiger partial charge is 0.489 e. The summed E-state index contributed by atoms with van der Waals surface area (Å²) in [6.07, 6.45) is 6.36. The van der Waals surface area contributed by atoms with Crippen LogP contribution >= 0.6 is 0 Å². The molecule has 0 saturated carbocycles. The van der Waals surface area contributed by atoms with Gasteiger partial charge in [-0.1, -0.05) is 13.8 Å². The van der Waals surface area contributed by atoms with Crippen LogP contribution in [0.2, 0.25) is 0 Å². The molecule has 24 heavy (non-hydrogen) atoms. The second-order valence-electron chi connectivity index (χ2n) is 6.99. The molecule has 0 spiro atoms. The van der Waals surface area contributed by atoms with Crippen LogP contribution in [0.25, 0.3) is 22.3 Å². The lowest BCUT2D eigenvalue weighted by Gasteiger charge is -2.27. The van der Waals surface area contributed by atoms with Gasteiger partial charge >= 0.3 is 0 Å². The summed E-state index contributed by atoms with van der Waals surface area (Å²) >= 11 is 0. The molecule has 0 radical (unpaired) electrons. The highest BCUT2D eigenvalue weighted by Crippen LogP contribution is 2.33. The van der Waals surface area contributed by atoms with Crippen LogP contribution in [0.15, 0.2) is 42.9 Å². The first-order chi connectivity index (χ1) is 11.5. The molecule has 3 N–H and O–H groups in total. The maximum absolute atomic E-state index is 6.36. The molecule has 0 aromatic carbocycles. The van der Waals surface area contributed by atoms with Crippen LogP contribution in [0.4, 0.5) is 0 Å². The van der Waals surface area contributed by atoms with Crippen molar-refractivity contribution in [2.75, 3.05) is 6.61 Å². The highest BCUT2D eigenvalue weighted by atomic mass is 16.5. The predicted molar refractivity (Wildman–Crippen MR) is 96.9 cm³/mol. The fraction of sp³-hybridized carbons (Fsp3) is 0.368. The van der Waals surface area contributed by atoms with E-state index in [9.17, 15) is 0 Å². The maximum Gasteiger partial charge on any atom is 0.145 e. The summed E-state index contributed by atoms with van der Waals surface area (Å²) in [7, 11) is 0. The summed E-state index contributed by atoms with van der Waals surface area (Å²) < 4.78 is 6.05. The van der Waals surface area contributed by atoms with E-state index in [2.05, 4.69) is 28.8 Å². The van der Waals surface area contributed by atoms with E-state index in [0.717, 1.165) is 34.5 Å². The SMILES string of the molecule is CC(C)C[C@](C)(N)COc1cccnc1-c1c[nH]c2ncccc12. The van der Waals surface area contributed by atoms with Gasteiger partial charge in [-0.3, -0.25) is 4.98 Å². The molecule has 0 aliphatic heterocycles. The van der Waals surface area contributed by atoms with Crippen molar-refractivity contribution in [3.8, 4) is 17.0 Å². The van der Waals surface area contributed by atoms with Crippen molar-refractivity contribution < 1.29 is 4.74 Å². The van der Waals surface area contributed by atoms with Gasteiger partial charge in [0.2, 0.25) is 0 Å².